The number of rotatable bonds is 5. The molecule has 0 bridgehead atoms. The van der Waals surface area contributed by atoms with E-state index in [9.17, 15) is 4.79 Å². The summed E-state index contributed by atoms with van der Waals surface area (Å²) >= 11 is 0. The van der Waals surface area contributed by atoms with Crippen molar-refractivity contribution < 1.29 is 4.79 Å². The molecule has 2 aliphatic rings. The molecular weight excluding hydrogens is 404 g/mol. The summed E-state index contributed by atoms with van der Waals surface area (Å²) in [6.45, 7) is 3.11. The zero-order valence-corrected chi connectivity index (χ0v) is 18.5. The van der Waals surface area contributed by atoms with E-state index in [1.165, 1.54) is 18.4 Å². The third-order valence-electron chi connectivity index (χ3n) is 6.95. The number of nitrogens with zero attached hydrogens (tertiary/aromatic N) is 1. The predicted octanol–water partition coefficient (Wildman–Crippen LogP) is 5.62. The van der Waals surface area contributed by atoms with E-state index >= 15 is 0 Å². The molecule has 0 aliphatic carbocycles. The third kappa shape index (κ3) is 4.00. The molecule has 0 spiro atoms. The van der Waals surface area contributed by atoms with Crippen molar-refractivity contribution in [2.45, 2.75) is 30.6 Å². The quantitative estimate of drug-likeness (QED) is 0.567. The van der Waals surface area contributed by atoms with Gasteiger partial charge in [-0.1, -0.05) is 78.9 Å². The summed E-state index contributed by atoms with van der Waals surface area (Å²) in [5.74, 6) is 0.759. The highest BCUT2D eigenvalue weighted by Gasteiger charge is 2.47. The summed E-state index contributed by atoms with van der Waals surface area (Å²) in [5, 5.41) is 3.15. The fourth-order valence-electron chi connectivity index (χ4n) is 5.26. The lowest BCUT2D eigenvalue weighted by molar-refractivity contribution is -0.119. The smallest absolute Gasteiger partial charge is 0.239 e. The van der Waals surface area contributed by atoms with Gasteiger partial charge < -0.3 is 10.2 Å². The topological polar surface area (TPSA) is 32.3 Å². The Kier molecular flexibility index (Phi) is 6.45. The lowest BCUT2D eigenvalue weighted by Crippen LogP contribution is -2.41. The lowest BCUT2D eigenvalue weighted by atomic mass is 9.72. The number of carbonyl (C=O) groups excluding carboxylic acids is 1. The Bertz CT molecular complexity index is 1020. The monoisotopic (exact) mass is 432 g/mol. The standard InChI is InChI=1S/C27H28N2O.ClH/c30-26-27(23-11-5-2-6-12-23,24-13-7-8-14-25(24)28-26)17-20-29-18-15-22(16-19-29)21-9-3-1-4-10-21;/h1-14,22H,15-20H2,(H,28,30);1H. The van der Waals surface area contributed by atoms with Gasteiger partial charge in [0.2, 0.25) is 5.91 Å². The molecule has 0 radical (unpaired) electrons. The van der Waals surface area contributed by atoms with Crippen molar-refractivity contribution in [2.75, 3.05) is 25.0 Å². The molecule has 2 aliphatic heterocycles. The second kappa shape index (κ2) is 9.25. The summed E-state index contributed by atoms with van der Waals surface area (Å²) in [6.07, 6.45) is 3.17. The summed E-state index contributed by atoms with van der Waals surface area (Å²) in [4.78, 5) is 15.9. The average Bonchev–Trinajstić information content (AvgIpc) is 3.11. The van der Waals surface area contributed by atoms with Crippen LogP contribution in [-0.2, 0) is 10.2 Å². The normalized spacial score (nSPS) is 21.2. The largest absolute Gasteiger partial charge is 0.325 e. The molecular formula is C27H29ClN2O. The van der Waals surface area contributed by atoms with E-state index in [0.29, 0.717) is 5.92 Å². The number of fused-ring (bicyclic) bond motifs is 1. The molecule has 1 unspecified atom stereocenters. The van der Waals surface area contributed by atoms with E-state index in [4.69, 9.17) is 0 Å². The predicted molar refractivity (Wildman–Crippen MR) is 129 cm³/mol. The van der Waals surface area contributed by atoms with Crippen LogP contribution >= 0.6 is 12.4 Å². The van der Waals surface area contributed by atoms with Crippen LogP contribution in [0, 0.1) is 0 Å². The van der Waals surface area contributed by atoms with Gasteiger partial charge in [-0.2, -0.15) is 0 Å². The van der Waals surface area contributed by atoms with Crippen molar-refractivity contribution >= 4 is 24.0 Å². The number of halogens is 1. The summed E-state index contributed by atoms with van der Waals surface area (Å²) < 4.78 is 0. The first-order valence-electron chi connectivity index (χ1n) is 11.0. The van der Waals surface area contributed by atoms with Crippen molar-refractivity contribution in [2.24, 2.45) is 0 Å². The van der Waals surface area contributed by atoms with E-state index in [1.54, 1.807) is 0 Å². The first-order valence-corrected chi connectivity index (χ1v) is 11.0. The number of amides is 1. The van der Waals surface area contributed by atoms with Crippen LogP contribution in [0.4, 0.5) is 5.69 Å². The van der Waals surface area contributed by atoms with Crippen molar-refractivity contribution in [3.63, 3.8) is 0 Å². The van der Waals surface area contributed by atoms with Crippen LogP contribution in [0.1, 0.15) is 41.9 Å². The van der Waals surface area contributed by atoms with Crippen LogP contribution in [0.2, 0.25) is 0 Å². The Hall–Kier alpha value is -2.62. The zero-order chi connectivity index (χ0) is 20.4. The van der Waals surface area contributed by atoms with Crippen LogP contribution in [-0.4, -0.2) is 30.4 Å². The maximum absolute atomic E-state index is 13.3. The van der Waals surface area contributed by atoms with Crippen molar-refractivity contribution in [3.8, 4) is 0 Å². The number of benzene rings is 3. The number of anilines is 1. The molecule has 1 saturated heterocycles. The van der Waals surface area contributed by atoms with Crippen LogP contribution in [0.5, 0.6) is 0 Å². The first kappa shape index (κ1) is 21.6. The van der Waals surface area contributed by atoms with Crippen LogP contribution in [0.15, 0.2) is 84.9 Å². The van der Waals surface area contributed by atoms with Gasteiger partial charge in [-0.05, 0) is 67.6 Å². The minimum Gasteiger partial charge on any atom is -0.325 e. The van der Waals surface area contributed by atoms with Crippen molar-refractivity contribution in [3.05, 3.63) is 102 Å². The molecule has 1 amide bonds. The highest BCUT2D eigenvalue weighted by atomic mass is 35.5. The van der Waals surface area contributed by atoms with Crippen LogP contribution < -0.4 is 5.32 Å². The van der Waals surface area contributed by atoms with Gasteiger partial charge in [0.1, 0.15) is 5.41 Å². The Morgan fingerprint density at radius 1 is 0.839 bits per heavy atom. The number of hydrogen-bond donors (Lipinski definition) is 1. The number of hydrogen-bond acceptors (Lipinski definition) is 2. The van der Waals surface area contributed by atoms with Crippen LogP contribution in [0.25, 0.3) is 0 Å². The Labute approximate surface area is 190 Å². The fourth-order valence-corrected chi connectivity index (χ4v) is 5.26. The van der Waals surface area contributed by atoms with E-state index in [-0.39, 0.29) is 18.3 Å². The van der Waals surface area contributed by atoms with Gasteiger partial charge in [-0.15, -0.1) is 12.4 Å². The van der Waals surface area contributed by atoms with Gasteiger partial charge in [0.25, 0.3) is 0 Å². The molecule has 5 rings (SSSR count). The maximum atomic E-state index is 13.3. The van der Waals surface area contributed by atoms with Gasteiger partial charge in [-0.25, -0.2) is 0 Å². The molecule has 4 heteroatoms. The molecule has 31 heavy (non-hydrogen) atoms. The van der Waals surface area contributed by atoms with Crippen molar-refractivity contribution in [1.82, 2.24) is 4.90 Å². The summed E-state index contributed by atoms with van der Waals surface area (Å²) in [5.41, 5.74) is 4.01. The van der Waals surface area contributed by atoms with Gasteiger partial charge in [0, 0.05) is 5.69 Å². The Morgan fingerprint density at radius 3 is 2.16 bits per heavy atom. The second-order valence-corrected chi connectivity index (χ2v) is 8.55. The molecule has 0 aromatic heterocycles. The Balaban J connectivity index is 0.00000231. The second-order valence-electron chi connectivity index (χ2n) is 8.55. The van der Waals surface area contributed by atoms with E-state index in [2.05, 4.69) is 58.7 Å². The minimum absolute atomic E-state index is 0. The van der Waals surface area contributed by atoms with E-state index < -0.39 is 5.41 Å². The van der Waals surface area contributed by atoms with E-state index in [0.717, 1.165) is 42.9 Å². The maximum Gasteiger partial charge on any atom is 0.239 e. The summed E-state index contributed by atoms with van der Waals surface area (Å²) in [6, 6.07) is 29.3. The first-order chi connectivity index (χ1) is 14.8. The van der Waals surface area contributed by atoms with Gasteiger partial charge in [0.15, 0.2) is 0 Å². The van der Waals surface area contributed by atoms with Crippen molar-refractivity contribution in [1.29, 1.82) is 0 Å². The third-order valence-corrected chi connectivity index (χ3v) is 6.95. The number of carbonyl (C=O) groups is 1. The molecule has 1 fully saturated rings. The number of likely N-dealkylation sites (tertiary alicyclic amines) is 1. The molecule has 1 N–H and O–H groups in total. The van der Waals surface area contributed by atoms with Crippen LogP contribution in [0.3, 0.4) is 0 Å². The molecule has 160 valence electrons. The fraction of sp³-hybridized carbons (Fsp3) is 0.296. The average molecular weight is 433 g/mol. The SMILES string of the molecule is Cl.O=C1Nc2ccccc2C1(CCN1CCC(c2ccccc2)CC1)c1ccccc1. The Morgan fingerprint density at radius 2 is 1.45 bits per heavy atom. The molecule has 3 nitrogen and oxygen atoms in total. The number of para-hydroxylation sites is 1. The van der Waals surface area contributed by atoms with Gasteiger partial charge >= 0.3 is 0 Å². The van der Waals surface area contributed by atoms with Gasteiger partial charge in [-0.3, -0.25) is 4.79 Å². The molecule has 0 saturated carbocycles. The lowest BCUT2D eigenvalue weighted by Gasteiger charge is -2.35. The minimum atomic E-state index is -0.603. The highest BCUT2D eigenvalue weighted by Crippen LogP contribution is 2.45. The number of piperidine rings is 1. The highest BCUT2D eigenvalue weighted by molar-refractivity contribution is 6.08. The molecule has 3 aromatic rings. The zero-order valence-electron chi connectivity index (χ0n) is 17.7. The number of nitrogens with one attached hydrogen (secondary N) is 1. The summed E-state index contributed by atoms with van der Waals surface area (Å²) in [7, 11) is 0. The molecule has 2 heterocycles. The van der Waals surface area contributed by atoms with E-state index in [1.807, 2.05) is 36.4 Å². The molecule has 1 atom stereocenters. The molecule has 3 aromatic carbocycles. The van der Waals surface area contributed by atoms with Gasteiger partial charge in [0.05, 0.1) is 0 Å².